The van der Waals surface area contributed by atoms with Gasteiger partial charge in [0.15, 0.2) is 0 Å². The summed E-state index contributed by atoms with van der Waals surface area (Å²) in [5.74, 6) is -0.548. The minimum atomic E-state index is -0.282. The summed E-state index contributed by atoms with van der Waals surface area (Å²) in [6.07, 6.45) is 0.768. The first-order valence-corrected chi connectivity index (χ1v) is 4.21. The van der Waals surface area contributed by atoms with E-state index in [0.717, 1.165) is 12.0 Å². The van der Waals surface area contributed by atoms with Crippen LogP contribution in [0.3, 0.4) is 0 Å². The van der Waals surface area contributed by atoms with Crippen LogP contribution in [0.5, 0.6) is 0 Å². The van der Waals surface area contributed by atoms with Gasteiger partial charge in [0.05, 0.1) is 11.1 Å². The fraction of sp³-hybridized carbons (Fsp3) is 0.200. The minimum absolute atomic E-state index is 0. The van der Waals surface area contributed by atoms with Crippen LogP contribution in [0.2, 0.25) is 0 Å². The Kier molecular flexibility index (Phi) is 3.06. The van der Waals surface area contributed by atoms with E-state index >= 15 is 0 Å². The van der Waals surface area contributed by atoms with Crippen molar-refractivity contribution in [1.29, 1.82) is 0 Å². The van der Waals surface area contributed by atoms with E-state index in [0.29, 0.717) is 11.1 Å². The second kappa shape index (κ2) is 3.92. The average Bonchev–Trinajstić information content (AvgIpc) is 2.43. The van der Waals surface area contributed by atoms with Gasteiger partial charge in [-0.15, -0.1) is 17.0 Å². The lowest BCUT2D eigenvalue weighted by Crippen LogP contribution is -2.20. The molecule has 1 aromatic carbocycles. The number of imide groups is 1. The molecule has 1 aliphatic heterocycles. The molecule has 2 rings (SSSR count). The molecule has 1 N–H and O–H groups in total. The van der Waals surface area contributed by atoms with Crippen LogP contribution in [0.15, 0.2) is 18.2 Å². The predicted octanol–water partition coefficient (Wildman–Crippen LogP) is 1.71. The Morgan fingerprint density at radius 2 is 1.93 bits per heavy atom. The average molecular weight is 256 g/mol. The van der Waals surface area contributed by atoms with Gasteiger partial charge >= 0.3 is 0 Å². The van der Waals surface area contributed by atoms with E-state index in [4.69, 9.17) is 0 Å². The lowest BCUT2D eigenvalue weighted by molar-refractivity contribution is 0.0879. The quantitative estimate of drug-likeness (QED) is 0.777. The van der Waals surface area contributed by atoms with Crippen LogP contribution in [0.4, 0.5) is 0 Å². The minimum Gasteiger partial charge on any atom is -0.288 e. The maximum atomic E-state index is 11.3. The Labute approximate surface area is 92.3 Å². The zero-order valence-electron chi connectivity index (χ0n) is 7.66. The largest absolute Gasteiger partial charge is 0.288 e. The Hall–Kier alpha value is -1.16. The van der Waals surface area contributed by atoms with Gasteiger partial charge in [0.25, 0.3) is 11.8 Å². The maximum Gasteiger partial charge on any atom is 0.259 e. The number of carbonyl (C=O) groups excluding carboxylic acids is 2. The highest BCUT2D eigenvalue weighted by Gasteiger charge is 2.28. The molecule has 1 heterocycles. The standard InChI is InChI=1S/C10H9NO2.BrH/c1-2-6-4-3-5-7-8(6)10(13)11-9(7)12;/h3-5H,2H2,1H3,(H,11,12,13);1H. The van der Waals surface area contributed by atoms with Crippen molar-refractivity contribution in [1.82, 2.24) is 5.32 Å². The molecule has 1 aliphatic rings. The molecule has 74 valence electrons. The molecule has 0 aliphatic carbocycles. The fourth-order valence-corrected chi connectivity index (χ4v) is 1.59. The van der Waals surface area contributed by atoms with Gasteiger partial charge in [0.2, 0.25) is 0 Å². The van der Waals surface area contributed by atoms with Gasteiger partial charge in [-0.25, -0.2) is 0 Å². The molecule has 2 amide bonds. The van der Waals surface area contributed by atoms with E-state index < -0.39 is 0 Å². The molecule has 0 bridgehead atoms. The summed E-state index contributed by atoms with van der Waals surface area (Å²) in [6.45, 7) is 1.96. The van der Waals surface area contributed by atoms with Crippen molar-refractivity contribution in [3.63, 3.8) is 0 Å². The number of fused-ring (bicyclic) bond motifs is 1. The van der Waals surface area contributed by atoms with E-state index in [-0.39, 0.29) is 28.8 Å². The summed E-state index contributed by atoms with van der Waals surface area (Å²) in [7, 11) is 0. The molecule has 0 saturated carbocycles. The number of amides is 2. The molecule has 0 atom stereocenters. The van der Waals surface area contributed by atoms with Crippen molar-refractivity contribution in [2.75, 3.05) is 0 Å². The van der Waals surface area contributed by atoms with Crippen molar-refractivity contribution < 1.29 is 9.59 Å². The topological polar surface area (TPSA) is 46.2 Å². The van der Waals surface area contributed by atoms with E-state index in [2.05, 4.69) is 5.32 Å². The molecule has 0 radical (unpaired) electrons. The number of hydrogen-bond acceptors (Lipinski definition) is 2. The molecule has 0 fully saturated rings. The van der Waals surface area contributed by atoms with Crippen LogP contribution in [0, 0.1) is 0 Å². The molecule has 0 saturated heterocycles. The summed E-state index contributed by atoms with van der Waals surface area (Å²) in [5, 5.41) is 2.28. The first-order chi connectivity index (χ1) is 6.24. The second-order valence-electron chi connectivity index (χ2n) is 2.98. The molecular weight excluding hydrogens is 246 g/mol. The van der Waals surface area contributed by atoms with Crippen LogP contribution < -0.4 is 5.32 Å². The lowest BCUT2D eigenvalue weighted by Gasteiger charge is -2.00. The van der Waals surface area contributed by atoms with Gasteiger partial charge < -0.3 is 0 Å². The molecule has 14 heavy (non-hydrogen) atoms. The highest BCUT2D eigenvalue weighted by Crippen LogP contribution is 2.19. The van der Waals surface area contributed by atoms with Crippen molar-refractivity contribution in [2.45, 2.75) is 13.3 Å². The Bertz CT molecular complexity index is 401. The summed E-state index contributed by atoms with van der Waals surface area (Å²) in [4.78, 5) is 22.5. The van der Waals surface area contributed by atoms with Gasteiger partial charge in [-0.1, -0.05) is 19.1 Å². The summed E-state index contributed by atoms with van der Waals surface area (Å²) in [5.41, 5.74) is 1.99. The third-order valence-electron chi connectivity index (χ3n) is 2.23. The fourth-order valence-electron chi connectivity index (χ4n) is 1.59. The number of carbonyl (C=O) groups is 2. The highest BCUT2D eigenvalue weighted by molar-refractivity contribution is 8.93. The summed E-state index contributed by atoms with van der Waals surface area (Å²) >= 11 is 0. The van der Waals surface area contributed by atoms with Crippen molar-refractivity contribution >= 4 is 28.8 Å². The lowest BCUT2D eigenvalue weighted by atomic mass is 10.0. The second-order valence-corrected chi connectivity index (χ2v) is 2.98. The molecular formula is C10H10BrNO2. The normalized spacial score (nSPS) is 13.2. The first kappa shape index (κ1) is 10.9. The number of hydrogen-bond donors (Lipinski definition) is 1. The van der Waals surface area contributed by atoms with Crippen LogP contribution in [0.25, 0.3) is 0 Å². The van der Waals surface area contributed by atoms with E-state index in [1.165, 1.54) is 0 Å². The highest BCUT2D eigenvalue weighted by atomic mass is 79.9. The number of aryl methyl sites for hydroxylation is 1. The van der Waals surface area contributed by atoms with Crippen LogP contribution >= 0.6 is 17.0 Å². The number of benzene rings is 1. The number of nitrogens with one attached hydrogen (secondary N) is 1. The van der Waals surface area contributed by atoms with Crippen LogP contribution in [-0.2, 0) is 6.42 Å². The molecule has 0 unspecified atom stereocenters. The smallest absolute Gasteiger partial charge is 0.259 e. The van der Waals surface area contributed by atoms with Gasteiger partial charge in [-0.05, 0) is 18.1 Å². The van der Waals surface area contributed by atoms with Gasteiger partial charge in [-0.3, -0.25) is 14.9 Å². The Balaban J connectivity index is 0.000000980. The van der Waals surface area contributed by atoms with E-state index in [1.807, 2.05) is 13.0 Å². The Morgan fingerprint density at radius 1 is 1.21 bits per heavy atom. The van der Waals surface area contributed by atoms with Gasteiger partial charge in [0.1, 0.15) is 0 Å². The maximum absolute atomic E-state index is 11.3. The molecule has 0 aromatic heterocycles. The third-order valence-corrected chi connectivity index (χ3v) is 2.23. The van der Waals surface area contributed by atoms with Crippen molar-refractivity contribution in [3.8, 4) is 0 Å². The van der Waals surface area contributed by atoms with E-state index in [1.54, 1.807) is 12.1 Å². The molecule has 1 aromatic rings. The molecule has 3 nitrogen and oxygen atoms in total. The zero-order chi connectivity index (χ0) is 9.42. The number of halogens is 1. The van der Waals surface area contributed by atoms with Gasteiger partial charge in [0, 0.05) is 0 Å². The zero-order valence-corrected chi connectivity index (χ0v) is 9.38. The third kappa shape index (κ3) is 1.46. The summed E-state index contributed by atoms with van der Waals surface area (Å²) in [6, 6.07) is 5.35. The van der Waals surface area contributed by atoms with E-state index in [9.17, 15) is 9.59 Å². The van der Waals surface area contributed by atoms with Crippen molar-refractivity contribution in [2.24, 2.45) is 0 Å². The molecule has 4 heteroatoms. The Morgan fingerprint density at radius 3 is 2.57 bits per heavy atom. The SMILES string of the molecule is Br.CCc1cccc2c1C(=O)NC2=O. The first-order valence-electron chi connectivity index (χ1n) is 4.21. The number of rotatable bonds is 1. The van der Waals surface area contributed by atoms with Gasteiger partial charge in [-0.2, -0.15) is 0 Å². The summed E-state index contributed by atoms with van der Waals surface area (Å²) < 4.78 is 0. The molecule has 0 spiro atoms. The van der Waals surface area contributed by atoms with Crippen LogP contribution in [0.1, 0.15) is 33.2 Å². The van der Waals surface area contributed by atoms with Crippen molar-refractivity contribution in [3.05, 3.63) is 34.9 Å². The predicted molar refractivity (Wildman–Crippen MR) is 57.9 cm³/mol. The monoisotopic (exact) mass is 255 g/mol. The van der Waals surface area contributed by atoms with Crippen LogP contribution in [-0.4, -0.2) is 11.8 Å².